The molecular weight excluding hydrogens is 136 g/mol. The lowest BCUT2D eigenvalue weighted by molar-refractivity contribution is 0.204. The van der Waals surface area contributed by atoms with Gasteiger partial charge in [-0.2, -0.15) is 0 Å². The van der Waals surface area contributed by atoms with Crippen molar-refractivity contribution < 1.29 is 5.11 Å². The predicted molar refractivity (Wildman–Crippen MR) is 47.5 cm³/mol. The fourth-order valence-electron chi connectivity index (χ4n) is 1.61. The summed E-state index contributed by atoms with van der Waals surface area (Å²) in [6.07, 6.45) is 5.04. The highest BCUT2D eigenvalue weighted by Crippen LogP contribution is 2.36. The molecule has 0 aromatic rings. The first-order chi connectivity index (χ1) is 5.00. The molecule has 1 unspecified atom stereocenters. The molecule has 1 aliphatic rings. The SMILES string of the molecule is CC(C)(C)C1CC=C(O)CC1. The van der Waals surface area contributed by atoms with Crippen molar-refractivity contribution in [3.8, 4) is 0 Å². The Labute approximate surface area is 69.1 Å². The average molecular weight is 154 g/mol. The van der Waals surface area contributed by atoms with Gasteiger partial charge in [-0.3, -0.25) is 0 Å². The molecule has 0 spiro atoms. The van der Waals surface area contributed by atoms with Crippen molar-refractivity contribution in [2.75, 3.05) is 0 Å². The molecule has 0 aromatic heterocycles. The summed E-state index contributed by atoms with van der Waals surface area (Å²) in [5.74, 6) is 1.34. The molecule has 0 heterocycles. The standard InChI is InChI=1S/C10H18O/c1-10(2,3)8-4-6-9(11)7-5-8/h6,8,11H,4-5,7H2,1-3H3. The lowest BCUT2D eigenvalue weighted by atomic mass is 9.74. The van der Waals surface area contributed by atoms with Crippen LogP contribution in [0.2, 0.25) is 0 Å². The Balaban J connectivity index is 2.54. The zero-order valence-corrected chi connectivity index (χ0v) is 7.72. The van der Waals surface area contributed by atoms with Crippen molar-refractivity contribution in [2.45, 2.75) is 40.0 Å². The molecule has 0 saturated carbocycles. The lowest BCUT2D eigenvalue weighted by Gasteiger charge is -2.32. The van der Waals surface area contributed by atoms with Crippen LogP contribution in [0.3, 0.4) is 0 Å². The third kappa shape index (κ3) is 2.25. The highest BCUT2D eigenvalue weighted by molar-refractivity contribution is 4.99. The quantitative estimate of drug-likeness (QED) is 0.567. The maximum atomic E-state index is 9.15. The van der Waals surface area contributed by atoms with Crippen molar-refractivity contribution >= 4 is 0 Å². The number of allylic oxidation sites excluding steroid dienone is 2. The maximum absolute atomic E-state index is 9.15. The van der Waals surface area contributed by atoms with Crippen molar-refractivity contribution in [2.24, 2.45) is 11.3 Å². The van der Waals surface area contributed by atoms with E-state index < -0.39 is 0 Å². The summed E-state index contributed by atoms with van der Waals surface area (Å²) in [5.41, 5.74) is 0.400. The molecule has 1 rings (SSSR count). The van der Waals surface area contributed by atoms with Gasteiger partial charge in [-0.05, 0) is 30.3 Å². The van der Waals surface area contributed by atoms with Gasteiger partial charge < -0.3 is 5.11 Å². The fraction of sp³-hybridized carbons (Fsp3) is 0.800. The summed E-state index contributed by atoms with van der Waals surface area (Å²) in [7, 11) is 0. The van der Waals surface area contributed by atoms with Gasteiger partial charge in [0.2, 0.25) is 0 Å². The molecule has 0 bridgehead atoms. The van der Waals surface area contributed by atoms with Crippen LogP contribution in [0.1, 0.15) is 40.0 Å². The van der Waals surface area contributed by atoms with Gasteiger partial charge in [0.1, 0.15) is 0 Å². The molecule has 0 aromatic carbocycles. The molecule has 0 aliphatic heterocycles. The van der Waals surface area contributed by atoms with Gasteiger partial charge in [0.25, 0.3) is 0 Å². The molecule has 1 aliphatic carbocycles. The van der Waals surface area contributed by atoms with Crippen molar-refractivity contribution in [3.05, 3.63) is 11.8 Å². The number of aliphatic hydroxyl groups excluding tert-OH is 1. The van der Waals surface area contributed by atoms with Crippen LogP contribution in [0.15, 0.2) is 11.8 Å². The van der Waals surface area contributed by atoms with Gasteiger partial charge in [-0.25, -0.2) is 0 Å². The predicted octanol–water partition coefficient (Wildman–Crippen LogP) is 3.27. The van der Waals surface area contributed by atoms with Gasteiger partial charge in [0, 0.05) is 6.42 Å². The van der Waals surface area contributed by atoms with Crippen LogP contribution in [0.4, 0.5) is 0 Å². The minimum atomic E-state index is 0.400. The first kappa shape index (κ1) is 8.63. The summed E-state index contributed by atoms with van der Waals surface area (Å²) >= 11 is 0. The number of hydrogen-bond acceptors (Lipinski definition) is 1. The molecular formula is C10H18O. The van der Waals surface area contributed by atoms with E-state index in [4.69, 9.17) is 5.11 Å². The van der Waals surface area contributed by atoms with E-state index >= 15 is 0 Å². The van der Waals surface area contributed by atoms with Gasteiger partial charge in [0.15, 0.2) is 0 Å². The Bertz CT molecular complexity index is 162. The smallest absolute Gasteiger partial charge is 0.0883 e. The van der Waals surface area contributed by atoms with Crippen LogP contribution in [0.5, 0.6) is 0 Å². The van der Waals surface area contributed by atoms with E-state index in [0.717, 1.165) is 25.2 Å². The molecule has 0 radical (unpaired) electrons. The van der Waals surface area contributed by atoms with E-state index in [9.17, 15) is 0 Å². The Kier molecular flexibility index (Phi) is 2.26. The highest BCUT2D eigenvalue weighted by atomic mass is 16.3. The first-order valence-electron chi connectivity index (χ1n) is 4.38. The second-order valence-corrected chi connectivity index (χ2v) is 4.53. The number of hydrogen-bond donors (Lipinski definition) is 1. The van der Waals surface area contributed by atoms with Crippen LogP contribution < -0.4 is 0 Å². The van der Waals surface area contributed by atoms with Crippen LogP contribution in [-0.4, -0.2) is 5.11 Å². The van der Waals surface area contributed by atoms with Crippen LogP contribution in [0, 0.1) is 11.3 Å². The van der Waals surface area contributed by atoms with Gasteiger partial charge in [-0.1, -0.05) is 20.8 Å². The molecule has 1 heteroatoms. The molecule has 1 nitrogen and oxygen atoms in total. The second-order valence-electron chi connectivity index (χ2n) is 4.53. The van der Waals surface area contributed by atoms with E-state index in [1.807, 2.05) is 6.08 Å². The van der Waals surface area contributed by atoms with Crippen molar-refractivity contribution in [1.29, 1.82) is 0 Å². The van der Waals surface area contributed by atoms with E-state index in [2.05, 4.69) is 20.8 Å². The van der Waals surface area contributed by atoms with E-state index in [0.29, 0.717) is 11.2 Å². The van der Waals surface area contributed by atoms with Gasteiger partial charge >= 0.3 is 0 Å². The monoisotopic (exact) mass is 154 g/mol. The summed E-state index contributed by atoms with van der Waals surface area (Å²) < 4.78 is 0. The minimum absolute atomic E-state index is 0.400. The third-order valence-corrected chi connectivity index (χ3v) is 2.61. The molecule has 0 saturated heterocycles. The number of rotatable bonds is 0. The zero-order valence-electron chi connectivity index (χ0n) is 7.72. The molecule has 64 valence electrons. The molecule has 11 heavy (non-hydrogen) atoms. The van der Waals surface area contributed by atoms with Crippen LogP contribution >= 0.6 is 0 Å². The second kappa shape index (κ2) is 2.88. The Morgan fingerprint density at radius 2 is 2.09 bits per heavy atom. The summed E-state index contributed by atoms with van der Waals surface area (Å²) in [6, 6.07) is 0. The third-order valence-electron chi connectivity index (χ3n) is 2.61. The highest BCUT2D eigenvalue weighted by Gasteiger charge is 2.25. The summed E-state index contributed by atoms with van der Waals surface area (Å²) in [6.45, 7) is 6.82. The summed E-state index contributed by atoms with van der Waals surface area (Å²) in [4.78, 5) is 0. The normalized spacial score (nSPS) is 26.5. The van der Waals surface area contributed by atoms with E-state index in [-0.39, 0.29) is 0 Å². The van der Waals surface area contributed by atoms with E-state index in [1.54, 1.807) is 0 Å². The maximum Gasteiger partial charge on any atom is 0.0883 e. The van der Waals surface area contributed by atoms with E-state index in [1.165, 1.54) is 0 Å². The number of aliphatic hydroxyl groups is 1. The summed E-state index contributed by atoms with van der Waals surface area (Å²) in [5, 5.41) is 9.15. The molecule has 1 atom stereocenters. The molecule has 0 fully saturated rings. The zero-order chi connectivity index (χ0) is 8.48. The Morgan fingerprint density at radius 1 is 1.45 bits per heavy atom. The topological polar surface area (TPSA) is 20.2 Å². The first-order valence-corrected chi connectivity index (χ1v) is 4.38. The van der Waals surface area contributed by atoms with Crippen LogP contribution in [0.25, 0.3) is 0 Å². The van der Waals surface area contributed by atoms with Gasteiger partial charge in [-0.15, -0.1) is 0 Å². The molecule has 0 amide bonds. The van der Waals surface area contributed by atoms with Crippen molar-refractivity contribution in [3.63, 3.8) is 0 Å². The molecule has 1 N–H and O–H groups in total. The average Bonchev–Trinajstić information content (AvgIpc) is 1.86. The Morgan fingerprint density at radius 3 is 2.45 bits per heavy atom. The van der Waals surface area contributed by atoms with Gasteiger partial charge in [0.05, 0.1) is 5.76 Å². The minimum Gasteiger partial charge on any atom is -0.513 e. The fourth-order valence-corrected chi connectivity index (χ4v) is 1.61. The largest absolute Gasteiger partial charge is 0.513 e. The van der Waals surface area contributed by atoms with Crippen LogP contribution in [-0.2, 0) is 0 Å². The lowest BCUT2D eigenvalue weighted by Crippen LogP contribution is -2.22. The van der Waals surface area contributed by atoms with Crippen molar-refractivity contribution in [1.82, 2.24) is 0 Å². The Hall–Kier alpha value is -0.460.